The van der Waals surface area contributed by atoms with Crippen molar-refractivity contribution < 1.29 is 18.0 Å². The van der Waals surface area contributed by atoms with Crippen molar-refractivity contribution in [1.29, 1.82) is 0 Å². The summed E-state index contributed by atoms with van der Waals surface area (Å²) in [5, 5.41) is -1.98. The molecule has 112 valence electrons. The van der Waals surface area contributed by atoms with Crippen molar-refractivity contribution in [2.45, 2.75) is 31.5 Å². The van der Waals surface area contributed by atoms with Gasteiger partial charge in [0.1, 0.15) is 5.38 Å². The molecule has 0 aliphatic carbocycles. The van der Waals surface area contributed by atoms with Crippen LogP contribution in [0.2, 0.25) is 0 Å². The number of allylic oxidation sites excluding steroid dienone is 1. The summed E-state index contributed by atoms with van der Waals surface area (Å²) in [6.07, 6.45) is 0. The van der Waals surface area contributed by atoms with Gasteiger partial charge in [0.15, 0.2) is 21.0 Å². The molecule has 5 nitrogen and oxygen atoms in total. The van der Waals surface area contributed by atoms with Gasteiger partial charge in [0, 0.05) is 10.7 Å². The quantitative estimate of drug-likeness (QED) is 0.534. The van der Waals surface area contributed by atoms with Crippen LogP contribution < -0.4 is 0 Å². The van der Waals surface area contributed by atoms with E-state index in [0.717, 1.165) is 4.90 Å². The monoisotopic (exact) mass is 383 g/mol. The summed E-state index contributed by atoms with van der Waals surface area (Å²) in [5.41, 5.74) is -0.0966. The average Bonchev–Trinajstić information content (AvgIpc) is 2.33. The Bertz CT molecular complexity index is 620. The number of hydrogen-bond acceptors (Lipinski definition) is 4. The number of ketones is 1. The number of rotatable bonds is 2. The van der Waals surface area contributed by atoms with Crippen molar-refractivity contribution in [3.8, 4) is 0 Å². The van der Waals surface area contributed by atoms with E-state index < -0.39 is 31.9 Å². The Morgan fingerprint density at radius 3 is 2.45 bits per heavy atom. The second-order valence-corrected chi connectivity index (χ2v) is 9.10. The minimum atomic E-state index is -3.55. The number of hydrogen-bond donors (Lipinski definition) is 0. The highest BCUT2D eigenvalue weighted by Crippen LogP contribution is 2.41. The van der Waals surface area contributed by atoms with E-state index in [4.69, 9.17) is 11.6 Å². The second-order valence-electron chi connectivity index (χ2n) is 5.97. The average molecular weight is 385 g/mol. The Balaban J connectivity index is 2.60. The molecule has 0 bridgehead atoms. The lowest BCUT2D eigenvalue weighted by Gasteiger charge is -2.48. The van der Waals surface area contributed by atoms with Gasteiger partial charge in [-0.25, -0.2) is 8.42 Å². The third-order valence-electron chi connectivity index (χ3n) is 3.35. The summed E-state index contributed by atoms with van der Waals surface area (Å²) >= 11 is 9.02. The van der Waals surface area contributed by atoms with Crippen molar-refractivity contribution in [3.63, 3.8) is 0 Å². The lowest BCUT2D eigenvalue weighted by Crippen LogP contribution is -2.68. The number of Topliss-reactive ketones (excluding diaryl/α,β-unsaturated/α-hetero) is 1. The van der Waals surface area contributed by atoms with Crippen LogP contribution >= 0.6 is 27.5 Å². The first kappa shape index (κ1) is 16.0. The third-order valence-corrected chi connectivity index (χ3v) is 6.58. The Labute approximate surface area is 131 Å². The van der Waals surface area contributed by atoms with Crippen LogP contribution in [0.25, 0.3) is 0 Å². The first-order valence-electron chi connectivity index (χ1n) is 6.04. The van der Waals surface area contributed by atoms with Crippen LogP contribution in [0.3, 0.4) is 0 Å². The number of amides is 1. The van der Waals surface area contributed by atoms with E-state index in [0.29, 0.717) is 5.57 Å². The number of sulfone groups is 1. The molecule has 2 aliphatic heterocycles. The summed E-state index contributed by atoms with van der Waals surface area (Å²) in [4.78, 5) is 25.5. The van der Waals surface area contributed by atoms with Gasteiger partial charge >= 0.3 is 0 Å². The largest absolute Gasteiger partial charge is 0.292 e. The van der Waals surface area contributed by atoms with Crippen LogP contribution in [0.1, 0.15) is 20.8 Å². The second kappa shape index (κ2) is 4.81. The highest BCUT2D eigenvalue weighted by atomic mass is 79.9. The molecule has 0 saturated carbocycles. The lowest BCUT2D eigenvalue weighted by molar-refractivity contribution is -0.142. The van der Waals surface area contributed by atoms with Crippen molar-refractivity contribution in [2.24, 2.45) is 5.41 Å². The van der Waals surface area contributed by atoms with Gasteiger partial charge in [0.25, 0.3) is 0 Å². The SMILES string of the molecule is CC(C)(C)C(=O)C1=C(CBr)CS(=O)(=O)[C@H]2C(Cl)C(=O)N12. The maximum atomic E-state index is 12.5. The fraction of sp³-hybridized carbons (Fsp3) is 0.667. The summed E-state index contributed by atoms with van der Waals surface area (Å²) in [6.45, 7) is 5.19. The Morgan fingerprint density at radius 1 is 1.45 bits per heavy atom. The number of halogens is 2. The molecule has 20 heavy (non-hydrogen) atoms. The molecule has 0 spiro atoms. The van der Waals surface area contributed by atoms with Crippen LogP contribution in [0.15, 0.2) is 11.3 Å². The fourth-order valence-corrected chi connectivity index (χ4v) is 5.62. The maximum absolute atomic E-state index is 12.5. The summed E-state index contributed by atoms with van der Waals surface area (Å²) < 4.78 is 24.3. The van der Waals surface area contributed by atoms with Gasteiger partial charge in [0.05, 0.1) is 11.4 Å². The van der Waals surface area contributed by atoms with Crippen LogP contribution in [0, 0.1) is 5.41 Å². The molecule has 1 amide bonds. The van der Waals surface area contributed by atoms with Gasteiger partial charge in [-0.1, -0.05) is 36.7 Å². The molecular formula is C12H15BrClNO4S. The van der Waals surface area contributed by atoms with E-state index in [-0.39, 0.29) is 22.6 Å². The number of β-lactam (4-membered cyclic amide) rings is 1. The van der Waals surface area contributed by atoms with Crippen molar-refractivity contribution >= 4 is 49.1 Å². The van der Waals surface area contributed by atoms with Crippen LogP contribution in [-0.4, -0.2) is 46.8 Å². The lowest BCUT2D eigenvalue weighted by atomic mass is 9.86. The molecule has 8 heteroatoms. The zero-order valence-corrected chi connectivity index (χ0v) is 14.5. The first-order valence-corrected chi connectivity index (χ1v) is 9.31. The smallest absolute Gasteiger partial charge is 0.249 e. The molecular weight excluding hydrogens is 370 g/mol. The molecule has 0 radical (unpaired) electrons. The van der Waals surface area contributed by atoms with Gasteiger partial charge in [-0.2, -0.15) is 0 Å². The number of carbonyl (C=O) groups excluding carboxylic acids is 2. The molecule has 0 aromatic heterocycles. The fourth-order valence-electron chi connectivity index (χ4n) is 2.30. The number of carbonyl (C=O) groups is 2. The van der Waals surface area contributed by atoms with E-state index in [1.807, 2.05) is 0 Å². The Kier molecular flexibility index (Phi) is 3.85. The van der Waals surface area contributed by atoms with Gasteiger partial charge in [-0.15, -0.1) is 11.6 Å². The van der Waals surface area contributed by atoms with E-state index >= 15 is 0 Å². The van der Waals surface area contributed by atoms with Gasteiger partial charge < -0.3 is 0 Å². The molecule has 2 atom stereocenters. The summed E-state index contributed by atoms with van der Waals surface area (Å²) in [6, 6.07) is 0. The van der Waals surface area contributed by atoms with Crippen molar-refractivity contribution in [1.82, 2.24) is 4.90 Å². The molecule has 1 unspecified atom stereocenters. The summed E-state index contributed by atoms with van der Waals surface area (Å²) in [7, 11) is -3.55. The Morgan fingerprint density at radius 2 is 2.00 bits per heavy atom. The predicted octanol–water partition coefficient (Wildman–Crippen LogP) is 1.45. The van der Waals surface area contributed by atoms with Crippen LogP contribution in [0.5, 0.6) is 0 Å². The van der Waals surface area contributed by atoms with E-state index in [2.05, 4.69) is 15.9 Å². The van der Waals surface area contributed by atoms with Crippen molar-refractivity contribution in [2.75, 3.05) is 11.1 Å². The molecule has 2 heterocycles. The number of alkyl halides is 2. The topological polar surface area (TPSA) is 71.5 Å². The van der Waals surface area contributed by atoms with E-state index in [1.165, 1.54) is 0 Å². The molecule has 1 saturated heterocycles. The Hall–Kier alpha value is -0.400. The number of nitrogens with zero attached hydrogens (tertiary/aromatic N) is 1. The highest BCUT2D eigenvalue weighted by molar-refractivity contribution is 9.09. The van der Waals surface area contributed by atoms with Gasteiger partial charge in [-0.3, -0.25) is 14.5 Å². The molecule has 2 aliphatic rings. The predicted molar refractivity (Wildman–Crippen MR) is 79.3 cm³/mol. The molecule has 0 aromatic carbocycles. The minimum absolute atomic E-state index is 0.191. The van der Waals surface area contributed by atoms with Gasteiger partial charge in [0.2, 0.25) is 5.91 Å². The zero-order chi connectivity index (χ0) is 15.5. The van der Waals surface area contributed by atoms with E-state index in [9.17, 15) is 18.0 Å². The van der Waals surface area contributed by atoms with Crippen LogP contribution in [0.4, 0.5) is 0 Å². The highest BCUT2D eigenvalue weighted by Gasteiger charge is 2.59. The third kappa shape index (κ3) is 2.23. The summed E-state index contributed by atoms with van der Waals surface area (Å²) in [5.74, 6) is -1.01. The zero-order valence-electron chi connectivity index (χ0n) is 11.3. The standard InChI is InChI=1S/C12H15BrClNO4S/c1-12(2,3)9(16)8-6(4-13)5-20(18,19)11-7(14)10(17)15(8)11/h7,11H,4-5H2,1-3H3/t7?,11-/m0/s1. The first-order chi connectivity index (χ1) is 9.02. The normalized spacial score (nSPS) is 29.1. The molecule has 1 fully saturated rings. The minimum Gasteiger partial charge on any atom is -0.292 e. The molecule has 2 rings (SSSR count). The molecule has 0 N–H and O–H groups in total. The van der Waals surface area contributed by atoms with Gasteiger partial charge in [-0.05, 0) is 5.57 Å². The number of fused-ring (bicyclic) bond motifs is 1. The van der Waals surface area contributed by atoms with E-state index in [1.54, 1.807) is 20.8 Å². The van der Waals surface area contributed by atoms with Crippen molar-refractivity contribution in [3.05, 3.63) is 11.3 Å². The maximum Gasteiger partial charge on any atom is 0.249 e. The van der Waals surface area contributed by atoms with Crippen LogP contribution in [-0.2, 0) is 19.4 Å². The molecule has 0 aromatic rings.